The summed E-state index contributed by atoms with van der Waals surface area (Å²) in [5.74, 6) is 0. The molecule has 0 aliphatic heterocycles. The molecule has 0 aliphatic carbocycles. The molecule has 2 heterocycles. The summed E-state index contributed by atoms with van der Waals surface area (Å²) in [6.07, 6.45) is 2.90. The number of nitrogens with one attached hydrogen (secondary N) is 1. The first kappa shape index (κ1) is 13.2. The zero-order valence-corrected chi connectivity index (χ0v) is 12.2. The van der Waals surface area contributed by atoms with E-state index in [0.29, 0.717) is 6.04 Å². The zero-order valence-electron chi connectivity index (χ0n) is 11.4. The van der Waals surface area contributed by atoms with Crippen LogP contribution in [-0.2, 0) is 13.5 Å². The summed E-state index contributed by atoms with van der Waals surface area (Å²) in [5, 5.41) is 9.12. The van der Waals surface area contributed by atoms with Crippen molar-refractivity contribution in [3.8, 4) is 0 Å². The van der Waals surface area contributed by atoms with Crippen molar-refractivity contribution in [2.75, 3.05) is 6.54 Å². The van der Waals surface area contributed by atoms with Gasteiger partial charge >= 0.3 is 0 Å². The SMILES string of the molecule is CCNC(Cc1ccn(C)n1)c1sc(C)nc1C. The summed E-state index contributed by atoms with van der Waals surface area (Å²) < 4.78 is 1.85. The first-order chi connectivity index (χ1) is 8.60. The molecule has 0 aromatic carbocycles. The van der Waals surface area contributed by atoms with Gasteiger partial charge in [0.05, 0.1) is 16.4 Å². The third-order valence-electron chi connectivity index (χ3n) is 2.89. The lowest BCUT2D eigenvalue weighted by Crippen LogP contribution is -2.23. The maximum absolute atomic E-state index is 4.51. The van der Waals surface area contributed by atoms with E-state index in [1.165, 1.54) is 4.88 Å². The first-order valence-corrected chi connectivity index (χ1v) is 7.07. The van der Waals surface area contributed by atoms with Crippen LogP contribution in [0.4, 0.5) is 0 Å². The Balaban J connectivity index is 2.20. The first-order valence-electron chi connectivity index (χ1n) is 6.26. The molecule has 0 spiro atoms. The molecule has 0 radical (unpaired) electrons. The summed E-state index contributed by atoms with van der Waals surface area (Å²) in [6, 6.07) is 2.39. The van der Waals surface area contributed by atoms with Crippen LogP contribution >= 0.6 is 11.3 Å². The Kier molecular flexibility index (Phi) is 4.14. The number of hydrogen-bond acceptors (Lipinski definition) is 4. The minimum absolute atomic E-state index is 0.316. The molecule has 0 aliphatic rings. The van der Waals surface area contributed by atoms with Gasteiger partial charge in [0.2, 0.25) is 0 Å². The standard InChI is InChI=1S/C13H20N4S/c1-5-14-12(8-11-6-7-17(4)16-11)13-9(2)15-10(3)18-13/h6-7,12,14H,5,8H2,1-4H3. The number of hydrogen-bond donors (Lipinski definition) is 1. The lowest BCUT2D eigenvalue weighted by Gasteiger charge is -2.15. The van der Waals surface area contributed by atoms with Gasteiger partial charge in [0.25, 0.3) is 0 Å². The van der Waals surface area contributed by atoms with E-state index in [-0.39, 0.29) is 0 Å². The fourth-order valence-corrected chi connectivity index (χ4v) is 3.16. The molecular formula is C13H20N4S. The number of thiazole rings is 1. The fraction of sp³-hybridized carbons (Fsp3) is 0.538. The van der Waals surface area contributed by atoms with Crippen LogP contribution in [0.25, 0.3) is 0 Å². The van der Waals surface area contributed by atoms with Gasteiger partial charge in [-0.05, 0) is 26.5 Å². The third-order valence-corrected chi connectivity index (χ3v) is 4.08. The summed E-state index contributed by atoms with van der Waals surface area (Å²) in [7, 11) is 1.95. The van der Waals surface area contributed by atoms with E-state index in [2.05, 4.69) is 42.2 Å². The molecule has 0 saturated carbocycles. The van der Waals surface area contributed by atoms with Gasteiger partial charge in [0.15, 0.2) is 0 Å². The van der Waals surface area contributed by atoms with E-state index < -0.39 is 0 Å². The Morgan fingerprint density at radius 2 is 2.22 bits per heavy atom. The lowest BCUT2D eigenvalue weighted by molar-refractivity contribution is 0.544. The highest BCUT2D eigenvalue weighted by Crippen LogP contribution is 2.27. The average molecular weight is 264 g/mol. The summed E-state index contributed by atoms with van der Waals surface area (Å²) >= 11 is 1.78. The molecule has 98 valence electrons. The zero-order chi connectivity index (χ0) is 13.1. The minimum Gasteiger partial charge on any atom is -0.309 e. The Bertz CT molecular complexity index is 515. The van der Waals surface area contributed by atoms with Crippen LogP contribution in [0.3, 0.4) is 0 Å². The van der Waals surface area contributed by atoms with Crippen molar-refractivity contribution < 1.29 is 0 Å². The lowest BCUT2D eigenvalue weighted by atomic mass is 10.1. The van der Waals surface area contributed by atoms with Crippen molar-refractivity contribution in [2.45, 2.75) is 33.2 Å². The number of aryl methyl sites for hydroxylation is 3. The number of aromatic nitrogens is 3. The molecule has 0 amide bonds. The summed E-state index contributed by atoms with van der Waals surface area (Å²) in [4.78, 5) is 5.85. The molecule has 1 unspecified atom stereocenters. The van der Waals surface area contributed by atoms with Gasteiger partial charge in [-0.2, -0.15) is 5.10 Å². The predicted molar refractivity (Wildman–Crippen MR) is 74.9 cm³/mol. The fourth-order valence-electron chi connectivity index (χ4n) is 2.16. The van der Waals surface area contributed by atoms with Gasteiger partial charge in [-0.25, -0.2) is 4.98 Å². The van der Waals surface area contributed by atoms with E-state index in [4.69, 9.17) is 0 Å². The number of likely N-dealkylation sites (N-methyl/N-ethyl adjacent to an activating group) is 1. The molecular weight excluding hydrogens is 244 g/mol. The van der Waals surface area contributed by atoms with Gasteiger partial charge in [-0.1, -0.05) is 6.92 Å². The Hall–Kier alpha value is -1.20. The molecule has 2 aromatic rings. The van der Waals surface area contributed by atoms with Crippen LogP contribution < -0.4 is 5.32 Å². The van der Waals surface area contributed by atoms with Crippen molar-refractivity contribution in [2.24, 2.45) is 7.05 Å². The van der Waals surface area contributed by atoms with Crippen LogP contribution in [0.15, 0.2) is 12.3 Å². The van der Waals surface area contributed by atoms with Crippen LogP contribution in [-0.4, -0.2) is 21.3 Å². The van der Waals surface area contributed by atoms with Crippen molar-refractivity contribution in [3.05, 3.63) is 33.5 Å². The van der Waals surface area contributed by atoms with Crippen LogP contribution in [0.5, 0.6) is 0 Å². The van der Waals surface area contributed by atoms with E-state index in [0.717, 1.165) is 29.4 Å². The quantitative estimate of drug-likeness (QED) is 0.901. The predicted octanol–water partition coefficient (Wildman–Crippen LogP) is 2.39. The maximum atomic E-state index is 4.51. The summed E-state index contributed by atoms with van der Waals surface area (Å²) in [5.41, 5.74) is 2.26. The van der Waals surface area contributed by atoms with Gasteiger partial charge in [0.1, 0.15) is 0 Å². The van der Waals surface area contributed by atoms with Gasteiger partial charge in [0, 0.05) is 30.6 Å². The second-order valence-corrected chi connectivity index (χ2v) is 5.71. The topological polar surface area (TPSA) is 42.7 Å². The van der Waals surface area contributed by atoms with Gasteiger partial charge < -0.3 is 5.32 Å². The van der Waals surface area contributed by atoms with E-state index in [1.54, 1.807) is 11.3 Å². The molecule has 0 fully saturated rings. The number of rotatable bonds is 5. The van der Waals surface area contributed by atoms with E-state index in [9.17, 15) is 0 Å². The summed E-state index contributed by atoms with van der Waals surface area (Å²) in [6.45, 7) is 7.23. The number of nitrogens with zero attached hydrogens (tertiary/aromatic N) is 3. The van der Waals surface area contributed by atoms with Crippen molar-refractivity contribution in [1.82, 2.24) is 20.1 Å². The molecule has 2 aromatic heterocycles. The molecule has 0 bridgehead atoms. The highest BCUT2D eigenvalue weighted by molar-refractivity contribution is 7.11. The van der Waals surface area contributed by atoms with Gasteiger partial charge in [-0.3, -0.25) is 4.68 Å². The normalized spacial score (nSPS) is 12.9. The molecule has 2 rings (SSSR count). The van der Waals surface area contributed by atoms with Crippen molar-refractivity contribution in [1.29, 1.82) is 0 Å². The van der Waals surface area contributed by atoms with Gasteiger partial charge in [-0.15, -0.1) is 11.3 Å². The third kappa shape index (κ3) is 2.97. The Morgan fingerprint density at radius 3 is 2.72 bits per heavy atom. The molecule has 1 N–H and O–H groups in total. The second kappa shape index (κ2) is 5.63. The molecule has 0 saturated heterocycles. The Morgan fingerprint density at radius 1 is 1.44 bits per heavy atom. The Labute approximate surface area is 112 Å². The van der Waals surface area contributed by atoms with E-state index >= 15 is 0 Å². The molecule has 18 heavy (non-hydrogen) atoms. The average Bonchev–Trinajstić information content (AvgIpc) is 2.84. The smallest absolute Gasteiger partial charge is 0.0900 e. The van der Waals surface area contributed by atoms with Crippen LogP contribution in [0.2, 0.25) is 0 Å². The monoisotopic (exact) mass is 264 g/mol. The molecule has 5 heteroatoms. The highest BCUT2D eigenvalue weighted by Gasteiger charge is 2.18. The molecule has 1 atom stereocenters. The second-order valence-electron chi connectivity index (χ2n) is 4.48. The molecule has 4 nitrogen and oxygen atoms in total. The van der Waals surface area contributed by atoms with Crippen LogP contribution in [0.1, 0.15) is 34.2 Å². The minimum atomic E-state index is 0.316. The van der Waals surface area contributed by atoms with Crippen molar-refractivity contribution in [3.63, 3.8) is 0 Å². The largest absolute Gasteiger partial charge is 0.309 e. The van der Waals surface area contributed by atoms with Crippen molar-refractivity contribution >= 4 is 11.3 Å². The van der Waals surface area contributed by atoms with Crippen LogP contribution in [0, 0.1) is 13.8 Å². The maximum Gasteiger partial charge on any atom is 0.0900 e. The van der Waals surface area contributed by atoms with E-state index in [1.807, 2.05) is 17.9 Å². The highest BCUT2D eigenvalue weighted by atomic mass is 32.1.